The lowest BCUT2D eigenvalue weighted by atomic mass is 10.2. The minimum atomic E-state index is 0.118. The third-order valence-corrected chi connectivity index (χ3v) is 2.60. The Morgan fingerprint density at radius 1 is 1.43 bits per heavy atom. The molecule has 4 heteroatoms. The molecule has 14 heavy (non-hydrogen) atoms. The van der Waals surface area contributed by atoms with Gasteiger partial charge in [-0.3, -0.25) is 0 Å². The summed E-state index contributed by atoms with van der Waals surface area (Å²) in [6.07, 6.45) is 2.29. The van der Waals surface area contributed by atoms with E-state index in [1.807, 2.05) is 19.9 Å². The standard InChI is InChI=1S/C10H16N4/c1-7-5-9(13-8(2)12-7)14-10(6-11)3-4-10/h5H,3-4,6,11H2,1-2H3,(H,12,13,14). The summed E-state index contributed by atoms with van der Waals surface area (Å²) in [5.41, 5.74) is 6.80. The summed E-state index contributed by atoms with van der Waals surface area (Å²) in [4.78, 5) is 8.56. The first kappa shape index (κ1) is 9.40. The molecule has 0 amide bonds. The van der Waals surface area contributed by atoms with Crippen molar-refractivity contribution in [2.75, 3.05) is 11.9 Å². The van der Waals surface area contributed by atoms with Gasteiger partial charge in [0.1, 0.15) is 11.6 Å². The van der Waals surface area contributed by atoms with Crippen molar-refractivity contribution in [2.45, 2.75) is 32.2 Å². The fourth-order valence-corrected chi connectivity index (χ4v) is 1.58. The molecule has 1 fully saturated rings. The summed E-state index contributed by atoms with van der Waals surface area (Å²) in [7, 11) is 0. The molecule has 1 aliphatic rings. The molecule has 3 N–H and O–H groups in total. The summed E-state index contributed by atoms with van der Waals surface area (Å²) >= 11 is 0. The number of nitrogens with two attached hydrogens (primary N) is 1. The van der Waals surface area contributed by atoms with Crippen LogP contribution < -0.4 is 11.1 Å². The molecule has 0 unspecified atom stereocenters. The molecular formula is C10H16N4. The Morgan fingerprint density at radius 2 is 2.14 bits per heavy atom. The molecular weight excluding hydrogens is 176 g/mol. The maximum Gasteiger partial charge on any atom is 0.130 e. The van der Waals surface area contributed by atoms with Gasteiger partial charge in [0.15, 0.2) is 0 Å². The Hall–Kier alpha value is -1.16. The van der Waals surface area contributed by atoms with Gasteiger partial charge >= 0.3 is 0 Å². The molecule has 4 nitrogen and oxygen atoms in total. The second-order valence-electron chi connectivity index (χ2n) is 4.05. The normalized spacial score (nSPS) is 17.9. The Balaban J connectivity index is 2.16. The van der Waals surface area contributed by atoms with E-state index in [4.69, 9.17) is 5.73 Å². The number of nitrogens with zero attached hydrogens (tertiary/aromatic N) is 2. The van der Waals surface area contributed by atoms with E-state index in [1.165, 1.54) is 0 Å². The van der Waals surface area contributed by atoms with E-state index in [1.54, 1.807) is 0 Å². The largest absolute Gasteiger partial charge is 0.363 e. The fraction of sp³-hybridized carbons (Fsp3) is 0.600. The SMILES string of the molecule is Cc1cc(NC2(CN)CC2)nc(C)n1. The second-order valence-corrected chi connectivity index (χ2v) is 4.05. The molecule has 0 aromatic carbocycles. The third kappa shape index (κ3) is 1.85. The molecule has 0 bridgehead atoms. The maximum absolute atomic E-state index is 5.69. The van der Waals surface area contributed by atoms with Gasteiger partial charge in [-0.05, 0) is 26.7 Å². The summed E-state index contributed by atoms with van der Waals surface area (Å²) in [5.74, 6) is 1.71. The van der Waals surface area contributed by atoms with Gasteiger partial charge in [-0.1, -0.05) is 0 Å². The van der Waals surface area contributed by atoms with E-state index >= 15 is 0 Å². The minimum absolute atomic E-state index is 0.118. The number of nitrogens with one attached hydrogen (secondary N) is 1. The first-order chi connectivity index (χ1) is 6.63. The molecule has 0 atom stereocenters. The lowest BCUT2D eigenvalue weighted by molar-refractivity contribution is 0.734. The van der Waals surface area contributed by atoms with Gasteiger partial charge in [-0.25, -0.2) is 9.97 Å². The highest BCUT2D eigenvalue weighted by Gasteiger charge is 2.41. The predicted octanol–water partition coefficient (Wildman–Crippen LogP) is 0.997. The van der Waals surface area contributed by atoms with Crippen molar-refractivity contribution in [1.29, 1.82) is 0 Å². The molecule has 0 saturated heterocycles. The van der Waals surface area contributed by atoms with Crippen LogP contribution in [0.15, 0.2) is 6.07 Å². The number of hydrogen-bond donors (Lipinski definition) is 2. The van der Waals surface area contributed by atoms with Crippen molar-refractivity contribution in [3.05, 3.63) is 17.6 Å². The van der Waals surface area contributed by atoms with Crippen LogP contribution in [0.5, 0.6) is 0 Å². The van der Waals surface area contributed by atoms with Gasteiger partial charge in [0.2, 0.25) is 0 Å². The van der Waals surface area contributed by atoms with E-state index in [0.29, 0.717) is 6.54 Å². The van der Waals surface area contributed by atoms with Crippen LogP contribution in [0.4, 0.5) is 5.82 Å². The number of rotatable bonds is 3. The molecule has 76 valence electrons. The van der Waals surface area contributed by atoms with Gasteiger partial charge in [0.05, 0.1) is 5.54 Å². The average Bonchev–Trinajstić information content (AvgIpc) is 2.83. The molecule has 1 heterocycles. The smallest absolute Gasteiger partial charge is 0.130 e. The topological polar surface area (TPSA) is 63.8 Å². The van der Waals surface area contributed by atoms with Gasteiger partial charge in [-0.2, -0.15) is 0 Å². The van der Waals surface area contributed by atoms with Crippen molar-refractivity contribution < 1.29 is 0 Å². The molecule has 2 rings (SSSR count). The molecule has 0 aliphatic heterocycles. The highest BCUT2D eigenvalue weighted by molar-refractivity contribution is 5.41. The van der Waals surface area contributed by atoms with E-state index in [-0.39, 0.29) is 5.54 Å². The van der Waals surface area contributed by atoms with Crippen LogP contribution in [-0.2, 0) is 0 Å². The summed E-state index contributed by atoms with van der Waals surface area (Å²) in [6, 6.07) is 1.96. The fourth-order valence-electron chi connectivity index (χ4n) is 1.58. The monoisotopic (exact) mass is 192 g/mol. The summed E-state index contributed by atoms with van der Waals surface area (Å²) in [6.45, 7) is 4.55. The van der Waals surface area contributed by atoms with Crippen molar-refractivity contribution in [2.24, 2.45) is 5.73 Å². The van der Waals surface area contributed by atoms with E-state index in [0.717, 1.165) is 30.2 Å². The number of hydrogen-bond acceptors (Lipinski definition) is 4. The van der Waals surface area contributed by atoms with Crippen LogP contribution in [0, 0.1) is 13.8 Å². The quantitative estimate of drug-likeness (QED) is 0.749. The lowest BCUT2D eigenvalue weighted by Crippen LogP contribution is -2.31. The molecule has 1 saturated carbocycles. The Kier molecular flexibility index (Phi) is 2.15. The zero-order chi connectivity index (χ0) is 10.2. The average molecular weight is 192 g/mol. The number of anilines is 1. The second kappa shape index (κ2) is 3.20. The summed E-state index contributed by atoms with van der Waals surface area (Å²) < 4.78 is 0. The highest BCUT2D eigenvalue weighted by Crippen LogP contribution is 2.37. The van der Waals surface area contributed by atoms with Crippen molar-refractivity contribution in [3.8, 4) is 0 Å². The van der Waals surface area contributed by atoms with Crippen LogP contribution >= 0.6 is 0 Å². The Morgan fingerprint density at radius 3 is 2.64 bits per heavy atom. The van der Waals surface area contributed by atoms with Crippen molar-refractivity contribution in [1.82, 2.24) is 9.97 Å². The molecule has 0 radical (unpaired) electrons. The zero-order valence-corrected chi connectivity index (χ0v) is 8.67. The van der Waals surface area contributed by atoms with Crippen molar-refractivity contribution in [3.63, 3.8) is 0 Å². The van der Waals surface area contributed by atoms with Crippen LogP contribution in [0.3, 0.4) is 0 Å². The van der Waals surface area contributed by atoms with Crippen LogP contribution in [0.1, 0.15) is 24.4 Å². The van der Waals surface area contributed by atoms with Crippen LogP contribution in [-0.4, -0.2) is 22.1 Å². The van der Waals surface area contributed by atoms with Gasteiger partial charge < -0.3 is 11.1 Å². The lowest BCUT2D eigenvalue weighted by Gasteiger charge is -2.15. The first-order valence-electron chi connectivity index (χ1n) is 4.94. The van der Waals surface area contributed by atoms with Gasteiger partial charge in [0.25, 0.3) is 0 Å². The molecule has 1 aromatic heterocycles. The first-order valence-corrected chi connectivity index (χ1v) is 4.94. The Bertz CT molecular complexity index is 324. The number of aryl methyl sites for hydroxylation is 2. The highest BCUT2D eigenvalue weighted by atomic mass is 15.1. The van der Waals surface area contributed by atoms with E-state index < -0.39 is 0 Å². The maximum atomic E-state index is 5.69. The van der Waals surface area contributed by atoms with Crippen LogP contribution in [0.2, 0.25) is 0 Å². The number of aromatic nitrogens is 2. The van der Waals surface area contributed by atoms with Gasteiger partial charge in [-0.15, -0.1) is 0 Å². The minimum Gasteiger partial charge on any atom is -0.363 e. The molecule has 0 spiro atoms. The van der Waals surface area contributed by atoms with E-state index in [9.17, 15) is 0 Å². The van der Waals surface area contributed by atoms with Crippen LogP contribution in [0.25, 0.3) is 0 Å². The van der Waals surface area contributed by atoms with E-state index in [2.05, 4.69) is 15.3 Å². The molecule has 1 aromatic rings. The predicted molar refractivity (Wildman–Crippen MR) is 56.1 cm³/mol. The Labute approximate surface area is 83.9 Å². The zero-order valence-electron chi connectivity index (χ0n) is 8.67. The third-order valence-electron chi connectivity index (χ3n) is 2.60. The van der Waals surface area contributed by atoms with Crippen molar-refractivity contribution >= 4 is 5.82 Å². The van der Waals surface area contributed by atoms with Gasteiger partial charge in [0, 0.05) is 18.3 Å². The molecule has 1 aliphatic carbocycles. The summed E-state index contributed by atoms with van der Waals surface area (Å²) in [5, 5.41) is 3.38.